The van der Waals surface area contributed by atoms with Gasteiger partial charge in [0.1, 0.15) is 0 Å². The number of hydrogen-bond donors (Lipinski definition) is 0. The summed E-state index contributed by atoms with van der Waals surface area (Å²) < 4.78 is 27.6. The van der Waals surface area contributed by atoms with Crippen LogP contribution in [-0.2, 0) is 28.6 Å². The van der Waals surface area contributed by atoms with Gasteiger partial charge in [-0.25, -0.2) is 0 Å². The Morgan fingerprint density at radius 3 is 1.31 bits per heavy atom. The van der Waals surface area contributed by atoms with Crippen LogP contribution in [0.1, 0.15) is 0 Å². The Hall–Kier alpha value is -3.02. The molecule has 1 aromatic heterocycles. The number of rotatable bonds is 4. The second-order valence-corrected chi connectivity index (χ2v) is 10.6. The van der Waals surface area contributed by atoms with Gasteiger partial charge in [-0.2, -0.15) is 0 Å². The molecule has 0 aliphatic heterocycles. The molecular formula is C27H23NO2S2. The quantitative estimate of drug-likeness (QED) is 0.325. The van der Waals surface area contributed by atoms with E-state index in [2.05, 4.69) is 23.7 Å². The van der Waals surface area contributed by atoms with E-state index in [-0.39, 0.29) is 0 Å². The van der Waals surface area contributed by atoms with Crippen molar-refractivity contribution in [3.8, 4) is 22.3 Å². The van der Waals surface area contributed by atoms with Crippen molar-refractivity contribution in [2.45, 2.75) is 9.79 Å². The summed E-state index contributed by atoms with van der Waals surface area (Å²) in [5.74, 6) is 0. The van der Waals surface area contributed by atoms with Crippen molar-refractivity contribution < 1.29 is 8.42 Å². The predicted octanol–water partition coefficient (Wildman–Crippen LogP) is 6.14. The predicted molar refractivity (Wildman–Crippen MR) is 136 cm³/mol. The maximum absolute atomic E-state index is 12.7. The number of fused-ring (bicyclic) bond motifs is 3. The minimum atomic E-state index is -1.15. The van der Waals surface area contributed by atoms with Crippen LogP contribution < -0.4 is 0 Å². The van der Waals surface area contributed by atoms with E-state index in [1.165, 1.54) is 0 Å². The number of aromatic nitrogens is 1. The zero-order valence-electron chi connectivity index (χ0n) is 18.2. The number of aryl methyl sites for hydroxylation is 1. The van der Waals surface area contributed by atoms with Crippen molar-refractivity contribution in [2.75, 3.05) is 12.5 Å². The Kier molecular flexibility index (Phi) is 5.31. The molecule has 0 radical (unpaired) electrons. The van der Waals surface area contributed by atoms with Crippen LogP contribution in [-0.4, -0.2) is 25.5 Å². The summed E-state index contributed by atoms with van der Waals surface area (Å²) >= 11 is 0. The summed E-state index contributed by atoms with van der Waals surface area (Å²) in [7, 11) is -0.241. The third kappa shape index (κ3) is 3.42. The lowest BCUT2D eigenvalue weighted by atomic mass is 10.0. The molecule has 2 atom stereocenters. The highest BCUT2D eigenvalue weighted by Crippen LogP contribution is 2.39. The van der Waals surface area contributed by atoms with E-state index in [0.717, 1.165) is 53.9 Å². The summed E-state index contributed by atoms with van der Waals surface area (Å²) in [5.41, 5.74) is 6.17. The highest BCUT2D eigenvalue weighted by Gasteiger charge is 2.19. The first-order chi connectivity index (χ1) is 15.5. The Balaban J connectivity index is 1.88. The van der Waals surface area contributed by atoms with Crippen molar-refractivity contribution in [1.82, 2.24) is 4.57 Å². The van der Waals surface area contributed by atoms with Gasteiger partial charge < -0.3 is 4.57 Å². The molecule has 2 unspecified atom stereocenters. The molecule has 0 saturated carbocycles. The summed E-state index contributed by atoms with van der Waals surface area (Å²) in [6.45, 7) is 0. The first-order valence-electron chi connectivity index (χ1n) is 10.3. The summed E-state index contributed by atoms with van der Waals surface area (Å²) in [4.78, 5) is 1.62. The first-order valence-corrected chi connectivity index (χ1v) is 13.4. The first kappa shape index (κ1) is 20.9. The standard InChI is InChI=1S/C27H23NO2S2/c1-28-24-14-20(18-10-6-4-7-11-18)26(31(2)29)16-22(24)23-17-27(32(3)30)21(15-25(23)28)19-12-8-5-9-13-19/h4-17H,1-3H3. The van der Waals surface area contributed by atoms with Crippen molar-refractivity contribution in [1.29, 1.82) is 0 Å². The van der Waals surface area contributed by atoms with Crippen LogP contribution in [0.5, 0.6) is 0 Å². The lowest BCUT2D eigenvalue weighted by Crippen LogP contribution is -1.94. The van der Waals surface area contributed by atoms with Gasteiger partial charge in [-0.05, 0) is 46.5 Å². The Morgan fingerprint density at radius 1 is 0.594 bits per heavy atom. The molecule has 1 heterocycles. The molecule has 0 bridgehead atoms. The van der Waals surface area contributed by atoms with Gasteiger partial charge in [0.05, 0.1) is 21.6 Å². The van der Waals surface area contributed by atoms with Crippen LogP contribution in [0.3, 0.4) is 0 Å². The van der Waals surface area contributed by atoms with Gasteiger partial charge in [-0.3, -0.25) is 8.42 Å². The molecular weight excluding hydrogens is 434 g/mol. The van der Waals surface area contributed by atoms with E-state index < -0.39 is 21.6 Å². The van der Waals surface area contributed by atoms with Gasteiger partial charge in [0.15, 0.2) is 0 Å². The van der Waals surface area contributed by atoms with Crippen molar-refractivity contribution >= 4 is 43.4 Å². The van der Waals surface area contributed by atoms with Gasteiger partial charge in [0, 0.05) is 51.2 Å². The van der Waals surface area contributed by atoms with Crippen molar-refractivity contribution in [3.63, 3.8) is 0 Å². The van der Waals surface area contributed by atoms with Gasteiger partial charge in [0.25, 0.3) is 0 Å². The zero-order chi connectivity index (χ0) is 22.4. The molecule has 5 aromatic rings. The molecule has 160 valence electrons. The van der Waals surface area contributed by atoms with E-state index in [1.807, 2.05) is 72.8 Å². The van der Waals surface area contributed by atoms with Gasteiger partial charge in [0.2, 0.25) is 0 Å². The van der Waals surface area contributed by atoms with Crippen LogP contribution in [0.15, 0.2) is 94.7 Å². The van der Waals surface area contributed by atoms with Crippen LogP contribution >= 0.6 is 0 Å². The topological polar surface area (TPSA) is 39.1 Å². The second kappa shape index (κ2) is 8.15. The normalized spacial score (nSPS) is 13.5. The molecule has 0 amide bonds. The van der Waals surface area contributed by atoms with E-state index in [4.69, 9.17) is 0 Å². The zero-order valence-corrected chi connectivity index (χ0v) is 19.8. The van der Waals surface area contributed by atoms with E-state index in [1.54, 1.807) is 12.5 Å². The van der Waals surface area contributed by atoms with E-state index in [0.29, 0.717) is 0 Å². The average molecular weight is 458 g/mol. The fourth-order valence-corrected chi connectivity index (χ4v) is 5.96. The van der Waals surface area contributed by atoms with Gasteiger partial charge in [-0.15, -0.1) is 0 Å². The molecule has 0 aliphatic carbocycles. The SMILES string of the molecule is Cn1c2cc(-c3ccccc3)c(S(C)=O)cc2c2cc(S(C)=O)c(-c3ccccc3)cc21. The maximum Gasteiger partial charge on any atom is 0.0504 e. The lowest BCUT2D eigenvalue weighted by Gasteiger charge is -2.09. The molecule has 0 spiro atoms. The van der Waals surface area contributed by atoms with Crippen LogP contribution in [0, 0.1) is 0 Å². The molecule has 0 fully saturated rings. The van der Waals surface area contributed by atoms with Crippen molar-refractivity contribution in [3.05, 3.63) is 84.9 Å². The highest BCUT2D eigenvalue weighted by molar-refractivity contribution is 7.84. The average Bonchev–Trinajstić information content (AvgIpc) is 3.09. The van der Waals surface area contributed by atoms with Crippen LogP contribution in [0.2, 0.25) is 0 Å². The third-order valence-electron chi connectivity index (χ3n) is 6.00. The summed E-state index contributed by atoms with van der Waals surface area (Å²) in [6, 6.07) is 28.5. The minimum Gasteiger partial charge on any atom is -0.344 e. The molecule has 0 saturated heterocycles. The Bertz CT molecular complexity index is 1410. The third-order valence-corrected chi connectivity index (χ3v) is 7.91. The number of hydrogen-bond acceptors (Lipinski definition) is 2. The number of benzene rings is 4. The minimum absolute atomic E-state index is 0.808. The van der Waals surface area contributed by atoms with Crippen molar-refractivity contribution in [2.24, 2.45) is 7.05 Å². The molecule has 0 aliphatic rings. The number of nitrogens with zero attached hydrogens (tertiary/aromatic N) is 1. The fourth-order valence-electron chi connectivity index (χ4n) is 4.42. The molecule has 5 rings (SSSR count). The largest absolute Gasteiger partial charge is 0.344 e. The summed E-state index contributed by atoms with van der Waals surface area (Å²) in [6.07, 6.45) is 3.44. The van der Waals surface area contributed by atoms with Crippen LogP contribution in [0.4, 0.5) is 0 Å². The fraction of sp³-hybridized carbons (Fsp3) is 0.111. The lowest BCUT2D eigenvalue weighted by molar-refractivity contribution is 0.686. The highest BCUT2D eigenvalue weighted by atomic mass is 32.2. The Morgan fingerprint density at radius 2 is 0.969 bits per heavy atom. The molecule has 4 aromatic carbocycles. The molecule has 0 N–H and O–H groups in total. The van der Waals surface area contributed by atoms with Gasteiger partial charge >= 0.3 is 0 Å². The summed E-state index contributed by atoms with van der Waals surface area (Å²) in [5, 5.41) is 2.05. The van der Waals surface area contributed by atoms with Crippen LogP contribution in [0.25, 0.3) is 44.1 Å². The maximum atomic E-state index is 12.7. The van der Waals surface area contributed by atoms with Gasteiger partial charge in [-0.1, -0.05) is 60.7 Å². The molecule has 3 nitrogen and oxygen atoms in total. The van der Waals surface area contributed by atoms with E-state index in [9.17, 15) is 8.42 Å². The second-order valence-electron chi connectivity index (χ2n) is 7.93. The molecule has 5 heteroatoms. The Labute approximate surface area is 192 Å². The molecule has 32 heavy (non-hydrogen) atoms. The monoisotopic (exact) mass is 457 g/mol. The van der Waals surface area contributed by atoms with E-state index >= 15 is 0 Å². The smallest absolute Gasteiger partial charge is 0.0504 e.